The number of hydrogen-bond acceptors (Lipinski definition) is 2. The van der Waals surface area contributed by atoms with Crippen LogP contribution in [0.3, 0.4) is 0 Å². The molecule has 0 spiro atoms. The van der Waals surface area contributed by atoms with Crippen LogP contribution in [0.1, 0.15) is 30.9 Å². The minimum Gasteiger partial charge on any atom is -0.329 e. The monoisotopic (exact) mass is 395 g/mol. The molecule has 4 nitrogen and oxygen atoms in total. The fourth-order valence-corrected chi connectivity index (χ4v) is 4.79. The molecule has 2 aromatic rings. The zero-order valence-corrected chi connectivity index (χ0v) is 16.4. The molecule has 0 aromatic heterocycles. The Morgan fingerprint density at radius 3 is 2.07 bits per heavy atom. The van der Waals surface area contributed by atoms with Crippen molar-refractivity contribution >= 4 is 10.0 Å². The second kappa shape index (κ2) is 8.04. The number of sulfonamides is 1. The van der Waals surface area contributed by atoms with E-state index in [4.69, 9.17) is 0 Å². The Morgan fingerprint density at radius 1 is 1.00 bits per heavy atom. The lowest BCUT2D eigenvalue weighted by Crippen LogP contribution is -3.13. The highest BCUT2D eigenvalue weighted by molar-refractivity contribution is 7.89. The van der Waals surface area contributed by atoms with Crippen LogP contribution in [0.4, 0.5) is 8.78 Å². The van der Waals surface area contributed by atoms with Crippen molar-refractivity contribution < 1.29 is 22.1 Å². The summed E-state index contributed by atoms with van der Waals surface area (Å²) in [5, 5.41) is 0. The molecule has 0 radical (unpaired) electrons. The zero-order valence-electron chi connectivity index (χ0n) is 15.6. The summed E-state index contributed by atoms with van der Waals surface area (Å²) in [6.07, 6.45) is 0. The standard InChI is InChI=1S/C20H24F2N2O2S/c1-15(2)16-6-8-17(9-7-16)27(25,26)24-12-10-23(11-13-24)14-18-19(21)4-3-5-20(18)22/h3-9,15H,10-14H2,1-2H3/p+1. The highest BCUT2D eigenvalue weighted by Gasteiger charge is 2.31. The second-order valence-corrected chi connectivity index (χ2v) is 9.19. The van der Waals surface area contributed by atoms with Crippen molar-refractivity contribution in [3.8, 4) is 0 Å². The van der Waals surface area contributed by atoms with E-state index in [1.165, 1.54) is 22.5 Å². The average Bonchev–Trinajstić information content (AvgIpc) is 2.65. The summed E-state index contributed by atoms with van der Waals surface area (Å²) in [6, 6.07) is 10.8. The summed E-state index contributed by atoms with van der Waals surface area (Å²) in [5.74, 6) is -0.765. The lowest BCUT2D eigenvalue weighted by Gasteiger charge is -2.31. The number of nitrogens with one attached hydrogen (secondary N) is 1. The minimum atomic E-state index is -3.55. The number of nitrogens with zero attached hydrogens (tertiary/aromatic N) is 1. The maximum Gasteiger partial charge on any atom is 0.243 e. The number of quaternary nitrogens is 1. The molecular weight excluding hydrogens is 370 g/mol. The molecule has 0 unspecified atom stereocenters. The lowest BCUT2D eigenvalue weighted by molar-refractivity contribution is -0.917. The van der Waals surface area contributed by atoms with Gasteiger partial charge in [0.25, 0.3) is 0 Å². The molecule has 1 fully saturated rings. The first kappa shape index (κ1) is 19.9. The van der Waals surface area contributed by atoms with Gasteiger partial charge in [0.1, 0.15) is 18.2 Å². The summed E-state index contributed by atoms with van der Waals surface area (Å²) < 4.78 is 54.8. The van der Waals surface area contributed by atoms with Crippen LogP contribution >= 0.6 is 0 Å². The van der Waals surface area contributed by atoms with Gasteiger partial charge < -0.3 is 4.90 Å². The maximum absolute atomic E-state index is 13.8. The normalized spacial score (nSPS) is 16.8. The number of piperazine rings is 1. The Balaban J connectivity index is 1.66. The molecule has 0 aliphatic carbocycles. The van der Waals surface area contributed by atoms with Crippen molar-refractivity contribution in [1.29, 1.82) is 0 Å². The van der Waals surface area contributed by atoms with Gasteiger partial charge in [-0.3, -0.25) is 0 Å². The predicted molar refractivity (Wildman–Crippen MR) is 100 cm³/mol. The molecule has 146 valence electrons. The average molecular weight is 395 g/mol. The van der Waals surface area contributed by atoms with E-state index in [1.54, 1.807) is 12.1 Å². The number of halogens is 2. The third-order valence-corrected chi connectivity index (χ3v) is 7.02. The van der Waals surface area contributed by atoms with Crippen molar-refractivity contribution in [3.63, 3.8) is 0 Å². The number of hydrogen-bond donors (Lipinski definition) is 1. The summed E-state index contributed by atoms with van der Waals surface area (Å²) >= 11 is 0. The molecule has 2 aromatic carbocycles. The first-order valence-corrected chi connectivity index (χ1v) is 10.6. The third kappa shape index (κ3) is 4.36. The number of benzene rings is 2. The molecule has 0 atom stereocenters. The molecule has 1 saturated heterocycles. The Labute approximate surface area is 159 Å². The van der Waals surface area contributed by atoms with Gasteiger partial charge in [-0.2, -0.15) is 4.31 Å². The van der Waals surface area contributed by atoms with E-state index in [1.807, 2.05) is 12.1 Å². The van der Waals surface area contributed by atoms with Crippen LogP contribution in [0.15, 0.2) is 47.4 Å². The molecule has 0 bridgehead atoms. The Bertz CT molecular complexity index is 870. The maximum atomic E-state index is 13.8. The van der Waals surface area contributed by atoms with E-state index in [-0.39, 0.29) is 17.0 Å². The zero-order chi connectivity index (χ0) is 19.6. The molecular formula is C20H25F2N2O2S+. The van der Waals surface area contributed by atoms with Gasteiger partial charge in [0.15, 0.2) is 0 Å². The molecule has 1 N–H and O–H groups in total. The van der Waals surface area contributed by atoms with Crippen LogP contribution in [0, 0.1) is 11.6 Å². The van der Waals surface area contributed by atoms with Crippen LogP contribution in [0.2, 0.25) is 0 Å². The van der Waals surface area contributed by atoms with Crippen LogP contribution in [0.25, 0.3) is 0 Å². The van der Waals surface area contributed by atoms with Crippen LogP contribution in [0.5, 0.6) is 0 Å². The molecule has 7 heteroatoms. The van der Waals surface area contributed by atoms with Crippen molar-refractivity contribution in [2.45, 2.75) is 31.2 Å². The van der Waals surface area contributed by atoms with E-state index in [0.717, 1.165) is 10.5 Å². The fraction of sp³-hybridized carbons (Fsp3) is 0.400. The molecule has 27 heavy (non-hydrogen) atoms. The number of rotatable bonds is 5. The van der Waals surface area contributed by atoms with Crippen LogP contribution in [-0.2, 0) is 16.6 Å². The van der Waals surface area contributed by atoms with E-state index in [2.05, 4.69) is 13.8 Å². The van der Waals surface area contributed by atoms with Crippen molar-refractivity contribution in [2.75, 3.05) is 26.2 Å². The van der Waals surface area contributed by atoms with Crippen LogP contribution < -0.4 is 4.90 Å². The minimum absolute atomic E-state index is 0.0630. The summed E-state index contributed by atoms with van der Waals surface area (Å²) in [7, 11) is -3.55. The predicted octanol–water partition coefficient (Wildman–Crippen LogP) is 2.18. The van der Waals surface area contributed by atoms with Crippen molar-refractivity contribution in [1.82, 2.24) is 4.31 Å². The fourth-order valence-electron chi connectivity index (χ4n) is 3.34. The van der Waals surface area contributed by atoms with Gasteiger partial charge in [-0.1, -0.05) is 32.0 Å². The van der Waals surface area contributed by atoms with Crippen molar-refractivity contribution in [2.24, 2.45) is 0 Å². The Kier molecular flexibility index (Phi) is 5.93. The Morgan fingerprint density at radius 2 is 1.56 bits per heavy atom. The largest absolute Gasteiger partial charge is 0.329 e. The summed E-state index contributed by atoms with van der Waals surface area (Å²) in [5.41, 5.74) is 1.16. The molecule has 1 aliphatic heterocycles. The molecule has 1 heterocycles. The molecule has 0 saturated carbocycles. The molecule has 0 amide bonds. The quantitative estimate of drug-likeness (QED) is 0.843. The van der Waals surface area contributed by atoms with Gasteiger partial charge in [-0.25, -0.2) is 17.2 Å². The smallest absolute Gasteiger partial charge is 0.243 e. The molecule has 3 rings (SSSR count). The van der Waals surface area contributed by atoms with Gasteiger partial charge in [0, 0.05) is 0 Å². The molecule has 1 aliphatic rings. The van der Waals surface area contributed by atoms with Gasteiger partial charge in [-0.05, 0) is 35.7 Å². The van der Waals surface area contributed by atoms with Gasteiger partial charge >= 0.3 is 0 Å². The van der Waals surface area contributed by atoms with E-state index >= 15 is 0 Å². The lowest BCUT2D eigenvalue weighted by atomic mass is 10.0. The Hall–Kier alpha value is -1.83. The first-order valence-electron chi connectivity index (χ1n) is 9.15. The van der Waals surface area contributed by atoms with E-state index < -0.39 is 21.7 Å². The van der Waals surface area contributed by atoms with E-state index in [9.17, 15) is 17.2 Å². The summed E-state index contributed by atoms with van der Waals surface area (Å²) in [6.45, 7) is 6.02. The van der Waals surface area contributed by atoms with Crippen molar-refractivity contribution in [3.05, 3.63) is 65.2 Å². The SMILES string of the molecule is CC(C)c1ccc(S(=O)(=O)N2CC[NH+](Cc3c(F)cccc3F)CC2)cc1. The first-order chi connectivity index (χ1) is 12.8. The highest BCUT2D eigenvalue weighted by atomic mass is 32.2. The van der Waals surface area contributed by atoms with Gasteiger partial charge in [0.05, 0.1) is 36.6 Å². The highest BCUT2D eigenvalue weighted by Crippen LogP contribution is 2.20. The van der Waals surface area contributed by atoms with Gasteiger partial charge in [-0.15, -0.1) is 0 Å². The third-order valence-electron chi connectivity index (χ3n) is 5.10. The van der Waals surface area contributed by atoms with Gasteiger partial charge in [0.2, 0.25) is 10.0 Å². The topological polar surface area (TPSA) is 41.8 Å². The van der Waals surface area contributed by atoms with E-state index in [0.29, 0.717) is 32.1 Å². The van der Waals surface area contributed by atoms with Crippen LogP contribution in [-0.4, -0.2) is 38.9 Å². The second-order valence-electron chi connectivity index (χ2n) is 7.25. The summed E-state index contributed by atoms with van der Waals surface area (Å²) in [4.78, 5) is 1.26.